The van der Waals surface area contributed by atoms with Crippen LogP contribution in [0.25, 0.3) is 0 Å². The number of rotatable bonds is 6. The van der Waals surface area contributed by atoms with Gasteiger partial charge >= 0.3 is 0 Å². The molecule has 1 amide bonds. The Hall–Kier alpha value is -2.01. The molecule has 0 spiro atoms. The first-order chi connectivity index (χ1) is 11.1. The minimum Gasteiger partial charge on any atom is -0.508 e. The Kier molecular flexibility index (Phi) is 4.57. The molecule has 3 rings (SSSR count). The van der Waals surface area contributed by atoms with E-state index in [0.29, 0.717) is 17.8 Å². The Balaban J connectivity index is 1.48. The van der Waals surface area contributed by atoms with Crippen molar-refractivity contribution in [1.29, 1.82) is 0 Å². The fourth-order valence-electron chi connectivity index (χ4n) is 3.72. The molecule has 1 atom stereocenters. The lowest BCUT2D eigenvalue weighted by Gasteiger charge is -2.33. The van der Waals surface area contributed by atoms with Crippen molar-refractivity contribution in [3.8, 4) is 5.75 Å². The van der Waals surface area contributed by atoms with Crippen LogP contribution in [-0.2, 0) is 11.3 Å². The van der Waals surface area contributed by atoms with Crippen LogP contribution in [0.15, 0.2) is 30.5 Å². The highest BCUT2D eigenvalue weighted by Gasteiger charge is 2.40. The van der Waals surface area contributed by atoms with E-state index >= 15 is 0 Å². The molecule has 3 N–H and O–H groups in total. The predicted molar refractivity (Wildman–Crippen MR) is 91.2 cm³/mol. The van der Waals surface area contributed by atoms with Crippen molar-refractivity contribution < 1.29 is 9.90 Å². The molecule has 124 valence electrons. The minimum atomic E-state index is -0.138. The van der Waals surface area contributed by atoms with Crippen molar-refractivity contribution in [1.82, 2.24) is 10.2 Å². The predicted octanol–water partition coefficient (Wildman–Crippen LogP) is 2.58. The molecule has 0 radical (unpaired) electrons. The highest BCUT2D eigenvalue weighted by molar-refractivity contribution is 5.88. The normalized spacial score (nSPS) is 22.4. The Morgan fingerprint density at radius 2 is 2.30 bits per heavy atom. The molecular formula is C18H25N3O2. The number of carbonyl (C=O) groups is 1. The zero-order chi connectivity index (χ0) is 16.3. The molecule has 0 aromatic heterocycles. The molecule has 0 saturated carbocycles. The van der Waals surface area contributed by atoms with Gasteiger partial charge in [-0.1, -0.05) is 12.1 Å². The van der Waals surface area contributed by atoms with Gasteiger partial charge in [0.25, 0.3) is 0 Å². The first-order valence-corrected chi connectivity index (χ1v) is 8.33. The number of carbonyl (C=O) groups excluding carboxylic acids is 1. The molecule has 1 aromatic carbocycles. The van der Waals surface area contributed by atoms with E-state index in [0.717, 1.165) is 24.9 Å². The van der Waals surface area contributed by atoms with E-state index < -0.39 is 0 Å². The SMILES string of the molecule is CC(=O)Nc1ccc(CNCCC23CC=CN2CCC3)c(O)c1. The number of nitrogens with one attached hydrogen (secondary N) is 2. The molecule has 1 fully saturated rings. The summed E-state index contributed by atoms with van der Waals surface area (Å²) in [6, 6.07) is 5.26. The van der Waals surface area contributed by atoms with E-state index in [1.807, 2.05) is 12.1 Å². The summed E-state index contributed by atoms with van der Waals surface area (Å²) >= 11 is 0. The molecule has 5 nitrogen and oxygen atoms in total. The average Bonchev–Trinajstić information content (AvgIpc) is 3.04. The third-order valence-electron chi connectivity index (χ3n) is 4.92. The third kappa shape index (κ3) is 3.50. The molecule has 1 unspecified atom stereocenters. The van der Waals surface area contributed by atoms with Crippen LogP contribution in [0.3, 0.4) is 0 Å². The summed E-state index contributed by atoms with van der Waals surface area (Å²) in [6.07, 6.45) is 9.38. The second-order valence-electron chi connectivity index (χ2n) is 6.56. The highest BCUT2D eigenvalue weighted by atomic mass is 16.3. The molecule has 0 aliphatic carbocycles. The van der Waals surface area contributed by atoms with E-state index in [-0.39, 0.29) is 11.7 Å². The largest absolute Gasteiger partial charge is 0.508 e. The monoisotopic (exact) mass is 315 g/mol. The van der Waals surface area contributed by atoms with E-state index in [4.69, 9.17) is 0 Å². The zero-order valence-corrected chi connectivity index (χ0v) is 13.6. The number of hydrogen-bond acceptors (Lipinski definition) is 4. The van der Waals surface area contributed by atoms with Crippen molar-refractivity contribution in [2.45, 2.75) is 44.7 Å². The molecule has 2 heterocycles. The molecule has 1 saturated heterocycles. The number of benzene rings is 1. The summed E-state index contributed by atoms with van der Waals surface area (Å²) in [7, 11) is 0. The Labute approximate surface area is 137 Å². The fraction of sp³-hybridized carbons (Fsp3) is 0.500. The zero-order valence-electron chi connectivity index (χ0n) is 13.6. The summed E-state index contributed by atoms with van der Waals surface area (Å²) in [5.74, 6) is 0.0766. The van der Waals surface area contributed by atoms with Gasteiger partial charge in [0.05, 0.1) is 0 Å². The number of nitrogens with zero attached hydrogens (tertiary/aromatic N) is 1. The summed E-state index contributed by atoms with van der Waals surface area (Å²) < 4.78 is 0. The van der Waals surface area contributed by atoms with E-state index in [1.165, 1.54) is 26.3 Å². The molecule has 0 bridgehead atoms. The quantitative estimate of drug-likeness (QED) is 0.706. The van der Waals surface area contributed by atoms with Gasteiger partial charge in [0.1, 0.15) is 5.75 Å². The maximum atomic E-state index is 11.0. The number of anilines is 1. The minimum absolute atomic E-state index is 0.138. The van der Waals surface area contributed by atoms with Gasteiger partial charge < -0.3 is 20.6 Å². The van der Waals surface area contributed by atoms with Gasteiger partial charge in [0.15, 0.2) is 0 Å². The Morgan fingerprint density at radius 3 is 3.09 bits per heavy atom. The van der Waals surface area contributed by atoms with Crippen molar-refractivity contribution >= 4 is 11.6 Å². The maximum absolute atomic E-state index is 11.0. The number of phenolic OH excluding ortho intramolecular Hbond substituents is 1. The summed E-state index contributed by atoms with van der Waals surface area (Å²) in [5.41, 5.74) is 1.81. The van der Waals surface area contributed by atoms with Crippen molar-refractivity contribution in [3.05, 3.63) is 36.0 Å². The topological polar surface area (TPSA) is 64.6 Å². The van der Waals surface area contributed by atoms with Crippen LogP contribution in [-0.4, -0.2) is 34.5 Å². The van der Waals surface area contributed by atoms with Crippen molar-refractivity contribution in [2.24, 2.45) is 0 Å². The Bertz CT molecular complexity index is 614. The number of hydrogen-bond donors (Lipinski definition) is 3. The number of aromatic hydroxyl groups is 1. The van der Waals surface area contributed by atoms with Crippen molar-refractivity contribution in [2.75, 3.05) is 18.4 Å². The summed E-state index contributed by atoms with van der Waals surface area (Å²) in [5, 5.41) is 16.2. The summed E-state index contributed by atoms with van der Waals surface area (Å²) in [4.78, 5) is 13.5. The van der Waals surface area contributed by atoms with Crippen LogP contribution in [0.2, 0.25) is 0 Å². The van der Waals surface area contributed by atoms with Crippen LogP contribution < -0.4 is 10.6 Å². The first-order valence-electron chi connectivity index (χ1n) is 8.33. The van der Waals surface area contributed by atoms with Crippen LogP contribution >= 0.6 is 0 Å². The van der Waals surface area contributed by atoms with E-state index in [2.05, 4.69) is 27.8 Å². The lowest BCUT2D eigenvalue weighted by atomic mass is 9.90. The maximum Gasteiger partial charge on any atom is 0.221 e. The van der Waals surface area contributed by atoms with Crippen LogP contribution in [0.5, 0.6) is 5.75 Å². The van der Waals surface area contributed by atoms with Gasteiger partial charge in [0.2, 0.25) is 5.91 Å². The van der Waals surface area contributed by atoms with Crippen LogP contribution in [0.1, 0.15) is 38.2 Å². The number of amides is 1. The van der Waals surface area contributed by atoms with Crippen molar-refractivity contribution in [3.63, 3.8) is 0 Å². The standard InChI is InChI=1S/C18H25N3O2/c1-14(22)20-16-5-4-15(17(23)12-16)13-19-9-8-18-6-2-10-21(18)11-3-7-18/h2,4-5,10,12,19,23H,3,6-9,11,13H2,1H3,(H,20,22). The van der Waals surface area contributed by atoms with Gasteiger partial charge in [-0.05, 0) is 44.5 Å². The average molecular weight is 315 g/mol. The highest BCUT2D eigenvalue weighted by Crippen LogP contribution is 2.39. The van der Waals surface area contributed by atoms with Gasteiger partial charge in [0, 0.05) is 42.9 Å². The summed E-state index contributed by atoms with van der Waals surface area (Å²) in [6.45, 7) is 4.21. The van der Waals surface area contributed by atoms with Gasteiger partial charge in [-0.15, -0.1) is 0 Å². The lowest BCUT2D eigenvalue weighted by molar-refractivity contribution is -0.114. The lowest BCUT2D eigenvalue weighted by Crippen LogP contribution is -2.39. The second kappa shape index (κ2) is 6.62. The molecule has 1 aromatic rings. The van der Waals surface area contributed by atoms with Crippen LogP contribution in [0.4, 0.5) is 5.69 Å². The Morgan fingerprint density at radius 1 is 1.43 bits per heavy atom. The van der Waals surface area contributed by atoms with Crippen LogP contribution in [0, 0.1) is 0 Å². The number of phenols is 1. The number of fused-ring (bicyclic) bond motifs is 1. The molecule has 23 heavy (non-hydrogen) atoms. The molecule has 2 aliphatic heterocycles. The smallest absolute Gasteiger partial charge is 0.221 e. The van der Waals surface area contributed by atoms with E-state index in [1.54, 1.807) is 6.07 Å². The third-order valence-corrected chi connectivity index (χ3v) is 4.92. The second-order valence-corrected chi connectivity index (χ2v) is 6.56. The van der Waals surface area contributed by atoms with E-state index in [9.17, 15) is 9.90 Å². The van der Waals surface area contributed by atoms with Gasteiger partial charge in [-0.3, -0.25) is 4.79 Å². The molecule has 2 aliphatic rings. The molecular weight excluding hydrogens is 290 g/mol. The first kappa shape index (κ1) is 15.9. The van der Waals surface area contributed by atoms with Gasteiger partial charge in [-0.2, -0.15) is 0 Å². The molecule has 5 heteroatoms. The fourth-order valence-corrected chi connectivity index (χ4v) is 3.72. The van der Waals surface area contributed by atoms with Gasteiger partial charge in [-0.25, -0.2) is 0 Å².